The summed E-state index contributed by atoms with van der Waals surface area (Å²) in [6, 6.07) is 10.6. The SMILES string of the molecule is CC1CCCCN1S(=O)(=O)c1cccc(C(=O)N(C)Cc2cc(Br)ccc2F)c1. The first-order valence-corrected chi connectivity index (χ1v) is 11.7. The van der Waals surface area contributed by atoms with Gasteiger partial charge < -0.3 is 4.90 Å². The second-order valence-electron chi connectivity index (χ2n) is 7.39. The van der Waals surface area contributed by atoms with Crippen LogP contribution in [0, 0.1) is 5.82 Å². The first-order chi connectivity index (χ1) is 13.7. The molecule has 1 heterocycles. The van der Waals surface area contributed by atoms with Gasteiger partial charge in [0.2, 0.25) is 10.0 Å². The van der Waals surface area contributed by atoms with Gasteiger partial charge in [0.15, 0.2) is 0 Å². The van der Waals surface area contributed by atoms with Gasteiger partial charge in [0.25, 0.3) is 5.91 Å². The lowest BCUT2D eigenvalue weighted by molar-refractivity contribution is 0.0783. The van der Waals surface area contributed by atoms with Crippen LogP contribution in [-0.4, -0.2) is 43.2 Å². The van der Waals surface area contributed by atoms with Crippen molar-refractivity contribution in [2.75, 3.05) is 13.6 Å². The number of amides is 1. The zero-order valence-electron chi connectivity index (χ0n) is 16.4. The highest BCUT2D eigenvalue weighted by molar-refractivity contribution is 9.10. The number of hydrogen-bond donors (Lipinski definition) is 0. The second kappa shape index (κ2) is 8.93. The molecule has 1 fully saturated rings. The molecular weight excluding hydrogens is 459 g/mol. The molecule has 0 radical (unpaired) electrons. The van der Waals surface area contributed by atoms with Crippen LogP contribution >= 0.6 is 15.9 Å². The van der Waals surface area contributed by atoms with Crippen molar-refractivity contribution in [2.24, 2.45) is 0 Å². The summed E-state index contributed by atoms with van der Waals surface area (Å²) in [6.45, 7) is 2.47. The topological polar surface area (TPSA) is 57.7 Å². The lowest BCUT2D eigenvalue weighted by atomic mass is 10.1. The van der Waals surface area contributed by atoms with Crippen LogP contribution in [0.2, 0.25) is 0 Å². The van der Waals surface area contributed by atoms with Crippen LogP contribution in [0.3, 0.4) is 0 Å². The third-order valence-corrected chi connectivity index (χ3v) is 7.69. The maximum Gasteiger partial charge on any atom is 0.253 e. The zero-order valence-corrected chi connectivity index (χ0v) is 18.8. The second-order valence-corrected chi connectivity index (χ2v) is 10.2. The van der Waals surface area contributed by atoms with Gasteiger partial charge in [-0.15, -0.1) is 0 Å². The van der Waals surface area contributed by atoms with E-state index in [2.05, 4.69) is 15.9 Å². The average Bonchev–Trinajstić information content (AvgIpc) is 2.70. The predicted molar refractivity (Wildman–Crippen MR) is 114 cm³/mol. The van der Waals surface area contributed by atoms with Crippen LogP contribution in [0.1, 0.15) is 42.1 Å². The average molecular weight is 483 g/mol. The van der Waals surface area contributed by atoms with Crippen molar-refractivity contribution in [3.8, 4) is 0 Å². The molecule has 1 saturated heterocycles. The standard InChI is InChI=1S/C21H24BrFN2O3S/c1-15-6-3-4-11-25(15)29(27,28)19-8-5-7-16(13-19)21(26)24(2)14-17-12-18(22)9-10-20(17)23/h5,7-10,12-13,15H,3-4,6,11,14H2,1-2H3. The smallest absolute Gasteiger partial charge is 0.253 e. The Kier molecular flexibility index (Phi) is 6.76. The summed E-state index contributed by atoms with van der Waals surface area (Å²) in [5, 5.41) is 0. The van der Waals surface area contributed by atoms with Crippen molar-refractivity contribution in [3.63, 3.8) is 0 Å². The Morgan fingerprint density at radius 1 is 1.24 bits per heavy atom. The molecule has 5 nitrogen and oxygen atoms in total. The number of halogens is 2. The molecule has 8 heteroatoms. The summed E-state index contributed by atoms with van der Waals surface area (Å²) < 4.78 is 42.4. The minimum Gasteiger partial charge on any atom is -0.337 e. The highest BCUT2D eigenvalue weighted by Crippen LogP contribution is 2.26. The highest BCUT2D eigenvalue weighted by Gasteiger charge is 2.31. The summed E-state index contributed by atoms with van der Waals surface area (Å²) in [4.78, 5) is 14.3. The molecule has 3 rings (SSSR count). The van der Waals surface area contributed by atoms with Crippen molar-refractivity contribution < 1.29 is 17.6 Å². The largest absolute Gasteiger partial charge is 0.337 e. The maximum atomic E-state index is 14.0. The van der Waals surface area contributed by atoms with E-state index >= 15 is 0 Å². The Balaban J connectivity index is 1.83. The minimum atomic E-state index is -3.67. The summed E-state index contributed by atoms with van der Waals surface area (Å²) in [7, 11) is -2.10. The normalized spacial score (nSPS) is 17.9. The van der Waals surface area contributed by atoms with E-state index in [0.717, 1.165) is 23.7 Å². The number of sulfonamides is 1. The third kappa shape index (κ3) is 4.87. The van der Waals surface area contributed by atoms with Crippen molar-refractivity contribution in [2.45, 2.75) is 43.7 Å². The van der Waals surface area contributed by atoms with Crippen LogP contribution in [-0.2, 0) is 16.6 Å². The molecule has 29 heavy (non-hydrogen) atoms. The molecule has 0 aliphatic carbocycles. The van der Waals surface area contributed by atoms with E-state index in [1.807, 2.05) is 6.92 Å². The Labute approximate surface area is 179 Å². The van der Waals surface area contributed by atoms with Crippen molar-refractivity contribution in [1.29, 1.82) is 0 Å². The third-order valence-electron chi connectivity index (χ3n) is 5.19. The molecule has 1 unspecified atom stereocenters. The zero-order chi connectivity index (χ0) is 21.2. The molecule has 0 saturated carbocycles. The number of carbonyl (C=O) groups is 1. The van der Waals surface area contributed by atoms with Crippen LogP contribution in [0.4, 0.5) is 4.39 Å². The number of nitrogens with zero attached hydrogens (tertiary/aromatic N) is 2. The van der Waals surface area contributed by atoms with Crippen molar-refractivity contribution in [1.82, 2.24) is 9.21 Å². The Hall–Kier alpha value is -1.77. The summed E-state index contributed by atoms with van der Waals surface area (Å²) in [5.41, 5.74) is 0.634. The van der Waals surface area contributed by atoms with Crippen LogP contribution in [0.25, 0.3) is 0 Å². The minimum absolute atomic E-state index is 0.0599. The van der Waals surface area contributed by atoms with E-state index in [-0.39, 0.29) is 29.0 Å². The predicted octanol–water partition coefficient (Wildman–Crippen LogP) is 4.42. The van der Waals surface area contributed by atoms with Gasteiger partial charge in [0.05, 0.1) is 4.90 Å². The van der Waals surface area contributed by atoms with E-state index in [1.165, 1.54) is 27.4 Å². The van der Waals surface area contributed by atoms with Gasteiger partial charge in [-0.2, -0.15) is 4.31 Å². The Morgan fingerprint density at radius 3 is 2.72 bits per heavy atom. The molecule has 0 aromatic heterocycles. The quantitative estimate of drug-likeness (QED) is 0.633. The fraction of sp³-hybridized carbons (Fsp3) is 0.381. The molecule has 0 N–H and O–H groups in total. The molecule has 0 bridgehead atoms. The van der Waals surface area contributed by atoms with Gasteiger partial charge in [-0.05, 0) is 56.2 Å². The summed E-state index contributed by atoms with van der Waals surface area (Å²) >= 11 is 3.30. The van der Waals surface area contributed by atoms with Crippen molar-refractivity contribution >= 4 is 31.9 Å². The van der Waals surface area contributed by atoms with E-state index in [0.29, 0.717) is 12.1 Å². The summed E-state index contributed by atoms with van der Waals surface area (Å²) in [5.74, 6) is -0.767. The Morgan fingerprint density at radius 2 is 2.00 bits per heavy atom. The van der Waals surface area contributed by atoms with Crippen LogP contribution in [0.15, 0.2) is 51.8 Å². The molecule has 0 spiro atoms. The van der Waals surface area contributed by atoms with Gasteiger partial charge in [0, 0.05) is 41.8 Å². The van der Waals surface area contributed by atoms with Crippen LogP contribution in [0.5, 0.6) is 0 Å². The number of hydrogen-bond acceptors (Lipinski definition) is 3. The molecule has 1 aliphatic rings. The molecule has 1 aliphatic heterocycles. The molecule has 2 aromatic carbocycles. The number of rotatable bonds is 5. The number of piperidine rings is 1. The first kappa shape index (κ1) is 21.9. The first-order valence-electron chi connectivity index (χ1n) is 9.51. The molecule has 1 amide bonds. The molecular formula is C21H24BrFN2O3S. The van der Waals surface area contributed by atoms with Gasteiger partial charge in [-0.3, -0.25) is 4.79 Å². The number of benzene rings is 2. The fourth-order valence-electron chi connectivity index (χ4n) is 3.57. The lowest BCUT2D eigenvalue weighted by Gasteiger charge is -2.32. The van der Waals surface area contributed by atoms with Gasteiger partial charge >= 0.3 is 0 Å². The van der Waals surface area contributed by atoms with E-state index in [1.54, 1.807) is 31.3 Å². The van der Waals surface area contributed by atoms with E-state index in [4.69, 9.17) is 0 Å². The lowest BCUT2D eigenvalue weighted by Crippen LogP contribution is -2.42. The molecule has 156 valence electrons. The van der Waals surface area contributed by atoms with Crippen LogP contribution < -0.4 is 0 Å². The van der Waals surface area contributed by atoms with Crippen molar-refractivity contribution in [3.05, 3.63) is 63.9 Å². The van der Waals surface area contributed by atoms with Gasteiger partial charge in [0.1, 0.15) is 5.82 Å². The van der Waals surface area contributed by atoms with E-state index < -0.39 is 15.8 Å². The van der Waals surface area contributed by atoms with Gasteiger partial charge in [-0.25, -0.2) is 12.8 Å². The number of carbonyl (C=O) groups excluding carboxylic acids is 1. The summed E-state index contributed by atoms with van der Waals surface area (Å²) in [6.07, 6.45) is 2.69. The Bertz CT molecular complexity index is 1010. The molecule has 1 atom stereocenters. The molecule has 2 aromatic rings. The monoisotopic (exact) mass is 482 g/mol. The highest BCUT2D eigenvalue weighted by atomic mass is 79.9. The van der Waals surface area contributed by atoms with Gasteiger partial charge in [-0.1, -0.05) is 28.4 Å². The maximum absolute atomic E-state index is 14.0. The fourth-order valence-corrected chi connectivity index (χ4v) is 5.72. The van der Waals surface area contributed by atoms with E-state index in [9.17, 15) is 17.6 Å².